The van der Waals surface area contributed by atoms with Crippen molar-refractivity contribution in [1.29, 1.82) is 0 Å². The summed E-state index contributed by atoms with van der Waals surface area (Å²) >= 11 is 6.13. The second kappa shape index (κ2) is 7.35. The van der Waals surface area contributed by atoms with Crippen molar-refractivity contribution in [3.63, 3.8) is 0 Å². The number of hydrogen-bond acceptors (Lipinski definition) is 4. The van der Waals surface area contributed by atoms with Gasteiger partial charge in [-0.25, -0.2) is 9.48 Å². The van der Waals surface area contributed by atoms with Crippen LogP contribution in [0.5, 0.6) is 0 Å². The van der Waals surface area contributed by atoms with Gasteiger partial charge < -0.3 is 15.7 Å². The average Bonchev–Trinajstić information content (AvgIpc) is 3.20. The van der Waals surface area contributed by atoms with E-state index in [9.17, 15) is 9.59 Å². The van der Waals surface area contributed by atoms with Gasteiger partial charge in [-0.2, -0.15) is 5.10 Å². The number of pyridine rings is 1. The predicted molar refractivity (Wildman–Crippen MR) is 90.4 cm³/mol. The Balaban J connectivity index is 1.57. The first-order valence-electron chi connectivity index (χ1n) is 7.63. The summed E-state index contributed by atoms with van der Waals surface area (Å²) in [6.45, 7) is 0.235. The average molecular weight is 362 g/mol. The van der Waals surface area contributed by atoms with E-state index in [1.165, 1.54) is 0 Å². The lowest BCUT2D eigenvalue weighted by Gasteiger charge is -2.12. The molecular weight excluding hydrogens is 346 g/mol. The number of nitrogens with zero attached hydrogens (tertiary/aromatic N) is 3. The van der Waals surface area contributed by atoms with Crippen LogP contribution < -0.4 is 10.6 Å². The molecule has 1 aliphatic carbocycles. The highest BCUT2D eigenvalue weighted by Gasteiger charge is 2.25. The van der Waals surface area contributed by atoms with Crippen LogP contribution in [0.25, 0.3) is 5.69 Å². The van der Waals surface area contributed by atoms with Crippen molar-refractivity contribution in [2.45, 2.75) is 19.0 Å². The second-order valence-electron chi connectivity index (χ2n) is 5.60. The molecule has 25 heavy (non-hydrogen) atoms. The molecule has 0 aliphatic heterocycles. The summed E-state index contributed by atoms with van der Waals surface area (Å²) in [6.07, 6.45) is 7.75. The highest BCUT2D eigenvalue weighted by atomic mass is 35.5. The molecule has 2 amide bonds. The van der Waals surface area contributed by atoms with Crippen LogP contribution in [-0.2, 0) is 11.3 Å². The normalized spacial score (nSPS) is 18.9. The molecule has 130 valence electrons. The zero-order chi connectivity index (χ0) is 17.8. The number of nitrogens with one attached hydrogen (secondary N) is 2. The minimum absolute atomic E-state index is 0.184. The molecule has 2 aromatic rings. The van der Waals surface area contributed by atoms with Crippen LogP contribution in [0.4, 0.5) is 4.79 Å². The number of amides is 2. The molecule has 0 bridgehead atoms. The fourth-order valence-corrected chi connectivity index (χ4v) is 2.80. The molecule has 0 spiro atoms. The second-order valence-corrected chi connectivity index (χ2v) is 5.96. The standard InChI is InChI=1S/C16H16ClN5O3/c17-14-11(9-22(21-14)13-2-1-5-18-8-13)7-19-15(23)10-3-4-12(6-10)20-16(24)25/h1-5,8-10,12,20H,6-7H2,(H,19,23)(H,24,25)/t10-,12+/m0/s1. The van der Waals surface area contributed by atoms with E-state index >= 15 is 0 Å². The molecule has 3 rings (SSSR count). The number of carbonyl (C=O) groups is 2. The summed E-state index contributed by atoms with van der Waals surface area (Å²) in [5.74, 6) is -0.555. The molecule has 3 N–H and O–H groups in total. The van der Waals surface area contributed by atoms with Gasteiger partial charge in [-0.05, 0) is 18.6 Å². The van der Waals surface area contributed by atoms with Crippen molar-refractivity contribution < 1.29 is 14.7 Å². The highest BCUT2D eigenvalue weighted by molar-refractivity contribution is 6.30. The van der Waals surface area contributed by atoms with Gasteiger partial charge in [-0.15, -0.1) is 0 Å². The van der Waals surface area contributed by atoms with Gasteiger partial charge in [0.15, 0.2) is 5.15 Å². The molecule has 0 radical (unpaired) electrons. The van der Waals surface area contributed by atoms with Crippen molar-refractivity contribution in [2.75, 3.05) is 0 Å². The summed E-state index contributed by atoms with van der Waals surface area (Å²) in [6, 6.07) is 3.29. The maximum atomic E-state index is 12.2. The Morgan fingerprint density at radius 3 is 2.96 bits per heavy atom. The van der Waals surface area contributed by atoms with Gasteiger partial charge in [0.1, 0.15) is 0 Å². The number of carbonyl (C=O) groups excluding carboxylic acids is 1. The first kappa shape index (κ1) is 17.0. The molecular formula is C16H16ClN5O3. The van der Waals surface area contributed by atoms with Crippen LogP contribution in [0, 0.1) is 5.92 Å². The Kier molecular flexibility index (Phi) is 4.99. The SMILES string of the molecule is O=C(O)N[C@@H]1C=C[C@H](C(=O)NCc2cn(-c3cccnc3)nc2Cl)C1. The maximum Gasteiger partial charge on any atom is 0.405 e. The molecule has 0 unspecified atom stereocenters. The zero-order valence-electron chi connectivity index (χ0n) is 13.1. The Morgan fingerprint density at radius 1 is 1.40 bits per heavy atom. The van der Waals surface area contributed by atoms with Crippen LogP contribution in [0.15, 0.2) is 42.9 Å². The summed E-state index contributed by atoms with van der Waals surface area (Å²) in [4.78, 5) is 26.9. The number of aromatic nitrogens is 3. The molecule has 2 aromatic heterocycles. The Morgan fingerprint density at radius 2 is 2.24 bits per heavy atom. The topological polar surface area (TPSA) is 109 Å². The lowest BCUT2D eigenvalue weighted by molar-refractivity contribution is -0.123. The predicted octanol–water partition coefficient (Wildman–Crippen LogP) is 1.75. The molecule has 9 heteroatoms. The minimum atomic E-state index is -1.11. The fourth-order valence-electron chi connectivity index (χ4n) is 2.60. The number of hydrogen-bond donors (Lipinski definition) is 3. The third-order valence-corrected chi connectivity index (χ3v) is 4.15. The first-order chi connectivity index (χ1) is 12.0. The summed E-state index contributed by atoms with van der Waals surface area (Å²) in [7, 11) is 0. The monoisotopic (exact) mass is 361 g/mol. The lowest BCUT2D eigenvalue weighted by Crippen LogP contribution is -2.34. The Bertz CT molecular complexity index is 805. The quantitative estimate of drug-likeness (QED) is 0.703. The van der Waals surface area contributed by atoms with Crippen molar-refractivity contribution in [3.8, 4) is 5.69 Å². The molecule has 8 nitrogen and oxygen atoms in total. The Labute approximate surface area is 148 Å². The zero-order valence-corrected chi connectivity index (χ0v) is 13.8. The van der Waals surface area contributed by atoms with Gasteiger partial charge in [0.25, 0.3) is 0 Å². The van der Waals surface area contributed by atoms with Gasteiger partial charge >= 0.3 is 6.09 Å². The van der Waals surface area contributed by atoms with E-state index in [0.29, 0.717) is 17.1 Å². The van der Waals surface area contributed by atoms with Crippen molar-refractivity contribution in [1.82, 2.24) is 25.4 Å². The van der Waals surface area contributed by atoms with E-state index in [1.807, 2.05) is 6.07 Å². The number of carboxylic acid groups (broad SMARTS) is 1. The van der Waals surface area contributed by atoms with Gasteiger partial charge in [0, 0.05) is 24.5 Å². The lowest BCUT2D eigenvalue weighted by atomic mass is 10.1. The minimum Gasteiger partial charge on any atom is -0.465 e. The maximum absolute atomic E-state index is 12.2. The van der Waals surface area contributed by atoms with Gasteiger partial charge in [-0.3, -0.25) is 9.78 Å². The fraction of sp³-hybridized carbons (Fsp3) is 0.250. The number of rotatable bonds is 5. The van der Waals surface area contributed by atoms with Gasteiger partial charge in [0.2, 0.25) is 5.91 Å². The van der Waals surface area contributed by atoms with E-state index in [-0.39, 0.29) is 24.4 Å². The van der Waals surface area contributed by atoms with E-state index < -0.39 is 6.09 Å². The largest absolute Gasteiger partial charge is 0.465 e. The molecule has 2 heterocycles. The summed E-state index contributed by atoms with van der Waals surface area (Å²) in [5.41, 5.74) is 1.45. The van der Waals surface area contributed by atoms with Crippen molar-refractivity contribution >= 4 is 23.6 Å². The molecule has 0 saturated heterocycles. The van der Waals surface area contributed by atoms with Crippen LogP contribution in [0.2, 0.25) is 5.15 Å². The third-order valence-electron chi connectivity index (χ3n) is 3.83. The van der Waals surface area contributed by atoms with Crippen molar-refractivity contribution in [3.05, 3.63) is 53.6 Å². The molecule has 0 fully saturated rings. The van der Waals surface area contributed by atoms with Crippen LogP contribution in [-0.4, -0.2) is 37.9 Å². The van der Waals surface area contributed by atoms with E-state index in [1.54, 1.807) is 41.5 Å². The molecule has 0 aromatic carbocycles. The van der Waals surface area contributed by atoms with E-state index in [0.717, 1.165) is 5.69 Å². The van der Waals surface area contributed by atoms with Gasteiger partial charge in [-0.1, -0.05) is 23.8 Å². The van der Waals surface area contributed by atoms with Crippen LogP contribution in [0.1, 0.15) is 12.0 Å². The van der Waals surface area contributed by atoms with Crippen LogP contribution >= 0.6 is 11.6 Å². The summed E-state index contributed by atoms with van der Waals surface area (Å²) in [5, 5.41) is 18.4. The molecule has 2 atom stereocenters. The number of halogens is 1. The Hall–Kier alpha value is -2.87. The molecule has 0 saturated carbocycles. The summed E-state index contributed by atoms with van der Waals surface area (Å²) < 4.78 is 1.60. The highest BCUT2D eigenvalue weighted by Crippen LogP contribution is 2.20. The van der Waals surface area contributed by atoms with Crippen molar-refractivity contribution in [2.24, 2.45) is 5.92 Å². The molecule has 1 aliphatic rings. The van der Waals surface area contributed by atoms with Crippen LogP contribution in [0.3, 0.4) is 0 Å². The van der Waals surface area contributed by atoms with Gasteiger partial charge in [0.05, 0.1) is 23.8 Å². The van der Waals surface area contributed by atoms with E-state index in [2.05, 4.69) is 20.7 Å². The van der Waals surface area contributed by atoms with E-state index in [4.69, 9.17) is 16.7 Å². The first-order valence-corrected chi connectivity index (χ1v) is 8.00. The third kappa shape index (κ3) is 4.16. The smallest absolute Gasteiger partial charge is 0.405 e.